The molecule has 2 heterocycles. The maximum Gasteiger partial charge on any atom is 0.163 e. The predicted molar refractivity (Wildman–Crippen MR) is 106 cm³/mol. The highest BCUT2D eigenvalue weighted by Crippen LogP contribution is 2.38. The van der Waals surface area contributed by atoms with Crippen LogP contribution < -0.4 is 9.47 Å². The number of fused-ring (bicyclic) bond motifs is 3. The first-order valence-electron chi connectivity index (χ1n) is 9.80. The molecule has 1 saturated heterocycles. The summed E-state index contributed by atoms with van der Waals surface area (Å²) < 4.78 is 11.6. The zero-order valence-electron chi connectivity index (χ0n) is 15.5. The van der Waals surface area contributed by atoms with Crippen molar-refractivity contribution in [3.63, 3.8) is 0 Å². The number of hydrogen-bond acceptors (Lipinski definition) is 4. The van der Waals surface area contributed by atoms with E-state index in [0.717, 1.165) is 54.6 Å². The van der Waals surface area contributed by atoms with E-state index in [-0.39, 0.29) is 0 Å². The number of halogens is 1. The lowest BCUT2D eigenvalue weighted by molar-refractivity contribution is 0.203. The average Bonchev–Trinajstić information content (AvgIpc) is 3.16. The number of rotatable bonds is 6. The highest BCUT2D eigenvalue weighted by molar-refractivity contribution is 6.30. The molecule has 0 saturated carbocycles. The van der Waals surface area contributed by atoms with Crippen LogP contribution in [0.15, 0.2) is 12.1 Å². The zero-order valence-corrected chi connectivity index (χ0v) is 16.3. The Balaban J connectivity index is 1.48. The minimum absolute atomic E-state index is 0.645. The summed E-state index contributed by atoms with van der Waals surface area (Å²) in [5.41, 5.74) is 3.44. The van der Waals surface area contributed by atoms with E-state index in [4.69, 9.17) is 21.1 Å². The molecular weight excluding hydrogens is 348 g/mol. The summed E-state index contributed by atoms with van der Waals surface area (Å²) in [6, 6.07) is 4.06. The first kappa shape index (κ1) is 17.9. The Morgan fingerprint density at radius 1 is 1.04 bits per heavy atom. The largest absolute Gasteiger partial charge is 0.493 e. The van der Waals surface area contributed by atoms with Gasteiger partial charge in [-0.1, -0.05) is 18.0 Å². The van der Waals surface area contributed by atoms with Gasteiger partial charge in [0.15, 0.2) is 11.5 Å². The maximum absolute atomic E-state index is 6.40. The van der Waals surface area contributed by atoms with Crippen LogP contribution in [-0.4, -0.2) is 43.2 Å². The Kier molecular flexibility index (Phi) is 5.51. The molecule has 4 nitrogen and oxygen atoms in total. The standard InChI is InChI=1S/C21H27ClN2O2/c1-25-19-13-17-15-7-5-8-16(15)21(22)23-18(17)14-20(19)26-12-6-11-24-9-3-2-4-10-24/h13-14H,2-12H2,1H3. The smallest absolute Gasteiger partial charge is 0.163 e. The number of aromatic nitrogens is 1. The lowest BCUT2D eigenvalue weighted by atomic mass is 10.1. The van der Waals surface area contributed by atoms with E-state index in [1.54, 1.807) is 7.11 Å². The van der Waals surface area contributed by atoms with Crippen molar-refractivity contribution < 1.29 is 9.47 Å². The molecule has 26 heavy (non-hydrogen) atoms. The monoisotopic (exact) mass is 374 g/mol. The van der Waals surface area contributed by atoms with Crippen molar-refractivity contribution in [1.82, 2.24) is 9.88 Å². The van der Waals surface area contributed by atoms with Gasteiger partial charge in [0.25, 0.3) is 0 Å². The maximum atomic E-state index is 6.40. The van der Waals surface area contributed by atoms with Gasteiger partial charge in [0.05, 0.1) is 19.2 Å². The quantitative estimate of drug-likeness (QED) is 0.545. The second-order valence-corrected chi connectivity index (χ2v) is 7.70. The molecule has 0 spiro atoms. The van der Waals surface area contributed by atoms with Crippen LogP contribution in [0.5, 0.6) is 11.5 Å². The Morgan fingerprint density at radius 3 is 2.65 bits per heavy atom. The molecule has 0 bridgehead atoms. The normalized spacial score (nSPS) is 17.5. The number of pyridine rings is 1. The van der Waals surface area contributed by atoms with Crippen LogP contribution in [-0.2, 0) is 12.8 Å². The van der Waals surface area contributed by atoms with Gasteiger partial charge in [-0.15, -0.1) is 0 Å². The van der Waals surface area contributed by atoms with Gasteiger partial charge in [-0.2, -0.15) is 0 Å². The van der Waals surface area contributed by atoms with Gasteiger partial charge < -0.3 is 14.4 Å². The summed E-state index contributed by atoms with van der Waals surface area (Å²) in [7, 11) is 1.70. The first-order chi connectivity index (χ1) is 12.8. The third kappa shape index (κ3) is 3.63. The Bertz CT molecular complexity index is 787. The molecular formula is C21H27ClN2O2. The van der Waals surface area contributed by atoms with E-state index < -0.39 is 0 Å². The molecule has 1 aliphatic heterocycles. The van der Waals surface area contributed by atoms with Crippen LogP contribution >= 0.6 is 11.6 Å². The number of aryl methyl sites for hydroxylation is 1. The fourth-order valence-electron chi connectivity index (χ4n) is 4.25. The third-order valence-corrected chi connectivity index (χ3v) is 5.93. The van der Waals surface area contributed by atoms with Crippen molar-refractivity contribution in [2.24, 2.45) is 0 Å². The zero-order chi connectivity index (χ0) is 17.9. The van der Waals surface area contributed by atoms with Crippen molar-refractivity contribution in [1.29, 1.82) is 0 Å². The molecule has 2 aromatic rings. The number of hydrogen-bond donors (Lipinski definition) is 0. The molecule has 0 radical (unpaired) electrons. The Hall–Kier alpha value is -1.52. The Morgan fingerprint density at radius 2 is 1.85 bits per heavy atom. The van der Waals surface area contributed by atoms with Crippen LogP contribution in [0.4, 0.5) is 0 Å². The molecule has 4 rings (SSSR count). The molecule has 0 atom stereocenters. The molecule has 1 fully saturated rings. The average molecular weight is 375 g/mol. The molecule has 140 valence electrons. The van der Waals surface area contributed by atoms with Crippen LogP contribution in [0.1, 0.15) is 43.2 Å². The number of ether oxygens (including phenoxy) is 2. The molecule has 0 N–H and O–H groups in total. The fraction of sp³-hybridized carbons (Fsp3) is 0.571. The van der Waals surface area contributed by atoms with Gasteiger partial charge in [-0.25, -0.2) is 4.98 Å². The SMILES string of the molecule is COc1cc2c3c(c(Cl)nc2cc1OCCCN1CCCCC1)CCC3. The summed E-state index contributed by atoms with van der Waals surface area (Å²) in [5.74, 6) is 1.55. The Labute approximate surface area is 160 Å². The minimum atomic E-state index is 0.645. The molecule has 0 unspecified atom stereocenters. The van der Waals surface area contributed by atoms with E-state index in [0.29, 0.717) is 11.8 Å². The van der Waals surface area contributed by atoms with Gasteiger partial charge >= 0.3 is 0 Å². The van der Waals surface area contributed by atoms with E-state index in [1.165, 1.54) is 43.5 Å². The summed E-state index contributed by atoms with van der Waals surface area (Å²) in [5, 5.41) is 1.80. The van der Waals surface area contributed by atoms with Gasteiger partial charge in [-0.05, 0) is 68.8 Å². The minimum Gasteiger partial charge on any atom is -0.493 e. The van der Waals surface area contributed by atoms with Crippen molar-refractivity contribution in [3.8, 4) is 11.5 Å². The molecule has 1 aliphatic carbocycles. The van der Waals surface area contributed by atoms with E-state index >= 15 is 0 Å². The molecule has 1 aromatic heterocycles. The summed E-state index contributed by atoms with van der Waals surface area (Å²) in [6.45, 7) is 4.25. The summed E-state index contributed by atoms with van der Waals surface area (Å²) >= 11 is 6.40. The molecule has 5 heteroatoms. The van der Waals surface area contributed by atoms with Crippen molar-refractivity contribution >= 4 is 22.5 Å². The van der Waals surface area contributed by atoms with Gasteiger partial charge in [0.1, 0.15) is 5.15 Å². The molecule has 1 aromatic carbocycles. The third-order valence-electron chi connectivity index (χ3n) is 5.62. The van der Waals surface area contributed by atoms with E-state index in [2.05, 4.69) is 16.0 Å². The number of nitrogens with zero attached hydrogens (tertiary/aromatic N) is 2. The second-order valence-electron chi connectivity index (χ2n) is 7.34. The van der Waals surface area contributed by atoms with Gasteiger partial charge in [-0.3, -0.25) is 0 Å². The molecule has 2 aliphatic rings. The summed E-state index contributed by atoms with van der Waals surface area (Å²) in [6.07, 6.45) is 8.29. The number of benzene rings is 1. The number of methoxy groups -OCH3 is 1. The summed E-state index contributed by atoms with van der Waals surface area (Å²) in [4.78, 5) is 7.14. The van der Waals surface area contributed by atoms with Crippen molar-refractivity contribution in [2.45, 2.75) is 44.9 Å². The van der Waals surface area contributed by atoms with Crippen molar-refractivity contribution in [3.05, 3.63) is 28.4 Å². The topological polar surface area (TPSA) is 34.6 Å². The predicted octanol–water partition coefficient (Wildman–Crippen LogP) is 4.64. The van der Waals surface area contributed by atoms with Gasteiger partial charge in [0.2, 0.25) is 0 Å². The van der Waals surface area contributed by atoms with E-state index in [9.17, 15) is 0 Å². The highest BCUT2D eigenvalue weighted by Gasteiger charge is 2.20. The van der Waals surface area contributed by atoms with Crippen LogP contribution in [0.2, 0.25) is 5.15 Å². The van der Waals surface area contributed by atoms with Crippen molar-refractivity contribution in [2.75, 3.05) is 33.4 Å². The van der Waals surface area contributed by atoms with Crippen LogP contribution in [0.25, 0.3) is 10.9 Å². The lowest BCUT2D eigenvalue weighted by Crippen LogP contribution is -2.31. The number of piperidine rings is 1. The van der Waals surface area contributed by atoms with E-state index in [1.807, 2.05) is 6.07 Å². The lowest BCUT2D eigenvalue weighted by Gasteiger charge is -2.26. The second kappa shape index (κ2) is 8.01. The first-order valence-corrected chi connectivity index (χ1v) is 10.2. The highest BCUT2D eigenvalue weighted by atomic mass is 35.5. The van der Waals surface area contributed by atoms with Crippen LogP contribution in [0.3, 0.4) is 0 Å². The number of likely N-dealkylation sites (tertiary alicyclic amines) is 1. The van der Waals surface area contributed by atoms with Crippen LogP contribution in [0, 0.1) is 0 Å². The fourth-order valence-corrected chi connectivity index (χ4v) is 4.55. The van der Waals surface area contributed by atoms with Gasteiger partial charge in [0, 0.05) is 18.0 Å². The molecule has 0 amide bonds.